The molecule has 20 heavy (non-hydrogen) atoms. The van der Waals surface area contributed by atoms with Crippen LogP contribution in [0.5, 0.6) is 0 Å². The second-order valence-electron chi connectivity index (χ2n) is 3.61. The summed E-state index contributed by atoms with van der Waals surface area (Å²) in [5, 5.41) is 10.2. The number of carbonyl (C=O) groups excluding carboxylic acids is 1. The Morgan fingerprint density at radius 2 is 2.40 bits per heavy atom. The number of ether oxygens (including phenoxy) is 1. The minimum absolute atomic E-state index is 0.0904. The third-order valence-corrected chi connectivity index (χ3v) is 2.70. The van der Waals surface area contributed by atoms with Crippen molar-refractivity contribution in [1.82, 2.24) is 19.9 Å². The molecule has 0 unspecified atom stereocenters. The topological polar surface area (TPSA) is 112 Å². The molecule has 2 rings (SSSR count). The van der Waals surface area contributed by atoms with Crippen LogP contribution in [0.3, 0.4) is 0 Å². The maximum atomic E-state index is 11.9. The van der Waals surface area contributed by atoms with Gasteiger partial charge in [0.15, 0.2) is 5.82 Å². The number of methoxy groups -OCH3 is 1. The Morgan fingerprint density at radius 1 is 1.60 bits per heavy atom. The van der Waals surface area contributed by atoms with Gasteiger partial charge in [0.1, 0.15) is 11.6 Å². The monoisotopic (exact) mass is 299 g/mol. The van der Waals surface area contributed by atoms with Crippen molar-refractivity contribution in [3.63, 3.8) is 0 Å². The fourth-order valence-electron chi connectivity index (χ4n) is 1.33. The highest BCUT2D eigenvalue weighted by atomic mass is 35.5. The van der Waals surface area contributed by atoms with Gasteiger partial charge in [-0.3, -0.25) is 9.59 Å². The van der Waals surface area contributed by atoms with Gasteiger partial charge in [0.25, 0.3) is 5.56 Å². The zero-order chi connectivity index (χ0) is 14.5. The highest BCUT2D eigenvalue weighted by molar-refractivity contribution is 6.32. The molecule has 0 saturated heterocycles. The maximum Gasteiger partial charge on any atom is 0.327 e. The van der Waals surface area contributed by atoms with E-state index in [0.29, 0.717) is 11.5 Å². The molecule has 106 valence electrons. The minimum atomic E-state index is -0.602. The zero-order valence-corrected chi connectivity index (χ0v) is 11.1. The molecule has 2 heterocycles. The van der Waals surface area contributed by atoms with Crippen LogP contribution < -0.4 is 10.9 Å². The molecule has 0 radical (unpaired) electrons. The lowest BCUT2D eigenvalue weighted by molar-refractivity contribution is -0.141. The number of hydrogen-bond acceptors (Lipinski definition) is 8. The van der Waals surface area contributed by atoms with Crippen molar-refractivity contribution < 1.29 is 14.1 Å². The lowest BCUT2D eigenvalue weighted by Gasteiger charge is -2.08. The smallest absolute Gasteiger partial charge is 0.327 e. The third kappa shape index (κ3) is 3.12. The number of aromatic nitrogens is 4. The van der Waals surface area contributed by atoms with Crippen molar-refractivity contribution in [2.75, 3.05) is 12.4 Å². The van der Waals surface area contributed by atoms with Gasteiger partial charge >= 0.3 is 5.97 Å². The van der Waals surface area contributed by atoms with Crippen molar-refractivity contribution in [3.8, 4) is 0 Å². The average Bonchev–Trinajstić information content (AvgIpc) is 2.96. The highest BCUT2D eigenvalue weighted by Crippen LogP contribution is 2.15. The minimum Gasteiger partial charge on any atom is -0.468 e. The third-order valence-electron chi connectivity index (χ3n) is 2.34. The van der Waals surface area contributed by atoms with Gasteiger partial charge in [-0.2, -0.15) is 10.1 Å². The van der Waals surface area contributed by atoms with Gasteiger partial charge < -0.3 is 14.6 Å². The van der Waals surface area contributed by atoms with Gasteiger partial charge in [0.2, 0.25) is 6.39 Å². The predicted molar refractivity (Wildman–Crippen MR) is 67.1 cm³/mol. The van der Waals surface area contributed by atoms with Gasteiger partial charge in [-0.25, -0.2) is 4.68 Å². The molecule has 0 amide bonds. The molecule has 0 aliphatic carbocycles. The number of hydrogen-bond donors (Lipinski definition) is 1. The largest absolute Gasteiger partial charge is 0.468 e. The first-order chi connectivity index (χ1) is 9.61. The van der Waals surface area contributed by atoms with Gasteiger partial charge in [-0.1, -0.05) is 16.8 Å². The van der Waals surface area contributed by atoms with E-state index in [1.807, 2.05) is 0 Å². The molecule has 0 aliphatic heterocycles. The zero-order valence-electron chi connectivity index (χ0n) is 10.4. The predicted octanol–water partition coefficient (Wildman–Crippen LogP) is 0.0648. The first kappa shape index (κ1) is 14.0. The molecule has 0 saturated carbocycles. The van der Waals surface area contributed by atoms with Crippen molar-refractivity contribution in [2.24, 2.45) is 0 Å². The summed E-state index contributed by atoms with van der Waals surface area (Å²) in [6.45, 7) is -0.0848. The van der Waals surface area contributed by atoms with E-state index in [9.17, 15) is 9.59 Å². The summed E-state index contributed by atoms with van der Waals surface area (Å²) in [7, 11) is 1.22. The Kier molecular flexibility index (Phi) is 4.31. The van der Waals surface area contributed by atoms with Gasteiger partial charge in [-0.15, -0.1) is 0 Å². The Morgan fingerprint density at radius 3 is 3.05 bits per heavy atom. The molecule has 0 fully saturated rings. The number of halogens is 1. The van der Waals surface area contributed by atoms with Crippen LogP contribution in [0.1, 0.15) is 5.82 Å². The van der Waals surface area contributed by atoms with Crippen LogP contribution in [-0.2, 0) is 22.6 Å². The average molecular weight is 300 g/mol. The van der Waals surface area contributed by atoms with Crippen LogP contribution >= 0.6 is 11.6 Å². The van der Waals surface area contributed by atoms with Crippen molar-refractivity contribution in [1.29, 1.82) is 0 Å². The molecule has 0 aromatic carbocycles. The van der Waals surface area contributed by atoms with E-state index in [-0.39, 0.29) is 18.1 Å². The Bertz CT molecular complexity index is 654. The number of anilines is 1. The lowest BCUT2D eigenvalue weighted by Crippen LogP contribution is -2.28. The summed E-state index contributed by atoms with van der Waals surface area (Å²) >= 11 is 5.91. The molecule has 0 bridgehead atoms. The first-order valence-corrected chi connectivity index (χ1v) is 5.81. The van der Waals surface area contributed by atoms with Crippen LogP contribution in [0.2, 0.25) is 5.02 Å². The molecule has 0 atom stereocenters. The van der Waals surface area contributed by atoms with Crippen LogP contribution in [0.25, 0.3) is 0 Å². The van der Waals surface area contributed by atoms with Crippen molar-refractivity contribution >= 4 is 23.3 Å². The molecule has 2 aromatic heterocycles. The van der Waals surface area contributed by atoms with E-state index >= 15 is 0 Å². The van der Waals surface area contributed by atoms with Crippen molar-refractivity contribution in [2.45, 2.75) is 13.1 Å². The Labute approximate surface area is 117 Å². The van der Waals surface area contributed by atoms with E-state index in [2.05, 4.69) is 29.8 Å². The Balaban J connectivity index is 2.14. The van der Waals surface area contributed by atoms with Crippen molar-refractivity contribution in [3.05, 3.63) is 33.8 Å². The normalized spacial score (nSPS) is 10.3. The van der Waals surface area contributed by atoms with E-state index in [1.165, 1.54) is 19.7 Å². The Hall–Kier alpha value is -2.42. The van der Waals surface area contributed by atoms with Crippen LogP contribution in [0, 0.1) is 0 Å². The van der Waals surface area contributed by atoms with Gasteiger partial charge in [0, 0.05) is 0 Å². The fraction of sp³-hybridized carbons (Fsp3) is 0.300. The molecular weight excluding hydrogens is 290 g/mol. The summed E-state index contributed by atoms with van der Waals surface area (Å²) in [6, 6.07) is 0. The summed E-state index contributed by atoms with van der Waals surface area (Å²) in [5.74, 6) is -0.192. The van der Waals surface area contributed by atoms with Gasteiger partial charge in [0.05, 0.1) is 25.5 Å². The van der Waals surface area contributed by atoms with Crippen LogP contribution in [0.4, 0.5) is 5.69 Å². The number of nitrogens with zero attached hydrogens (tertiary/aromatic N) is 4. The SMILES string of the molecule is COC(=O)Cn1ncc(NCc2ncon2)c(Cl)c1=O. The number of rotatable bonds is 5. The van der Waals surface area contributed by atoms with E-state index in [0.717, 1.165) is 4.68 Å². The number of carbonyl (C=O) groups is 1. The second kappa shape index (κ2) is 6.15. The summed E-state index contributed by atoms with van der Waals surface area (Å²) in [6.07, 6.45) is 2.51. The van der Waals surface area contributed by atoms with E-state index in [4.69, 9.17) is 11.6 Å². The number of nitrogens with one attached hydrogen (secondary N) is 1. The van der Waals surface area contributed by atoms with Crippen LogP contribution in [-0.4, -0.2) is 33.0 Å². The standard InChI is InChI=1S/C10H10ClN5O4/c1-19-8(17)4-16-10(18)9(11)6(2-14-16)12-3-7-13-5-20-15-7/h2,5,12H,3-4H2,1H3. The molecule has 0 aliphatic rings. The molecule has 2 aromatic rings. The fourth-order valence-corrected chi connectivity index (χ4v) is 1.55. The number of esters is 1. The highest BCUT2D eigenvalue weighted by Gasteiger charge is 2.12. The molecule has 10 heteroatoms. The molecule has 0 spiro atoms. The maximum absolute atomic E-state index is 11.9. The second-order valence-corrected chi connectivity index (χ2v) is 3.99. The molecule has 1 N–H and O–H groups in total. The first-order valence-electron chi connectivity index (χ1n) is 5.43. The lowest BCUT2D eigenvalue weighted by atomic mass is 10.4. The summed E-state index contributed by atoms with van der Waals surface area (Å²) < 4.78 is 9.93. The van der Waals surface area contributed by atoms with Gasteiger partial charge in [-0.05, 0) is 0 Å². The molecule has 9 nitrogen and oxygen atoms in total. The molecular formula is C10H10ClN5O4. The summed E-state index contributed by atoms with van der Waals surface area (Å²) in [4.78, 5) is 26.8. The van der Waals surface area contributed by atoms with Crippen LogP contribution in [0.15, 0.2) is 21.9 Å². The summed E-state index contributed by atoms with van der Waals surface area (Å²) in [5.41, 5.74) is -0.294. The quantitative estimate of drug-likeness (QED) is 0.772. The van der Waals surface area contributed by atoms with E-state index < -0.39 is 11.5 Å². The van der Waals surface area contributed by atoms with E-state index in [1.54, 1.807) is 0 Å².